The van der Waals surface area contributed by atoms with Gasteiger partial charge in [0.1, 0.15) is 29.0 Å². The van der Waals surface area contributed by atoms with Gasteiger partial charge in [-0.25, -0.2) is 22.4 Å². The molecule has 7 nitrogen and oxygen atoms in total. The lowest BCUT2D eigenvalue weighted by molar-refractivity contribution is -0.0944. The zero-order valence-electron chi connectivity index (χ0n) is 25.5. The van der Waals surface area contributed by atoms with E-state index in [0.29, 0.717) is 32.0 Å². The normalized spacial score (nSPS) is 17.9. The van der Waals surface area contributed by atoms with Gasteiger partial charge in [0.05, 0.1) is 58.3 Å². The zero-order chi connectivity index (χ0) is 33.2. The van der Waals surface area contributed by atoms with Gasteiger partial charge >= 0.3 is 6.09 Å². The summed E-state index contributed by atoms with van der Waals surface area (Å²) in [4.78, 5) is 13.2. The molecule has 0 radical (unpaired) electrons. The number of hydrogen-bond acceptors (Lipinski definition) is 5. The Hall–Kier alpha value is -4.45. The van der Waals surface area contributed by atoms with E-state index in [1.54, 1.807) is 12.1 Å². The Kier molecular flexibility index (Phi) is 11.8. The number of likely N-dealkylation sites (tertiary alicyclic amines) is 1. The molecule has 4 aromatic rings. The molecule has 0 aliphatic carbocycles. The van der Waals surface area contributed by atoms with Crippen molar-refractivity contribution in [1.29, 1.82) is 0 Å². The number of nitrogens with zero attached hydrogens (tertiary/aromatic N) is 1. The van der Waals surface area contributed by atoms with Gasteiger partial charge in [0.2, 0.25) is 0 Å². The van der Waals surface area contributed by atoms with Crippen LogP contribution in [-0.4, -0.2) is 54.6 Å². The summed E-state index contributed by atoms with van der Waals surface area (Å²) in [6, 6.07) is 23.3. The van der Waals surface area contributed by atoms with Gasteiger partial charge in [-0.15, -0.1) is 0 Å². The largest absolute Gasteiger partial charge is 0.494 e. The van der Waals surface area contributed by atoms with Crippen molar-refractivity contribution in [3.05, 3.63) is 137 Å². The van der Waals surface area contributed by atoms with Crippen molar-refractivity contribution in [2.45, 2.75) is 44.4 Å². The minimum absolute atomic E-state index is 0.0607. The van der Waals surface area contributed by atoms with Crippen LogP contribution in [0.2, 0.25) is 0 Å². The van der Waals surface area contributed by atoms with Crippen molar-refractivity contribution in [1.82, 2.24) is 4.90 Å². The molecule has 1 aliphatic heterocycles. The number of rotatable bonds is 14. The number of halogens is 4. The van der Waals surface area contributed by atoms with E-state index in [9.17, 15) is 27.5 Å². The summed E-state index contributed by atoms with van der Waals surface area (Å²) in [6.07, 6.45) is -2.18. The van der Waals surface area contributed by atoms with Crippen LogP contribution in [0, 0.1) is 23.3 Å². The first kappa shape index (κ1) is 33.9. The van der Waals surface area contributed by atoms with Gasteiger partial charge in [-0.1, -0.05) is 54.6 Å². The number of amides is 1. The maximum absolute atomic E-state index is 14.4. The summed E-state index contributed by atoms with van der Waals surface area (Å²) in [6.45, 7) is 0.834. The first-order chi connectivity index (χ1) is 22.8. The topological polar surface area (TPSA) is 77.5 Å². The Morgan fingerprint density at radius 3 is 1.83 bits per heavy atom. The number of benzene rings is 4. The van der Waals surface area contributed by atoms with Crippen LogP contribution in [0.4, 0.5) is 22.4 Å². The van der Waals surface area contributed by atoms with Crippen molar-refractivity contribution in [2.24, 2.45) is 0 Å². The highest BCUT2D eigenvalue weighted by molar-refractivity contribution is 5.65. The maximum atomic E-state index is 14.4. The van der Waals surface area contributed by atoms with Crippen LogP contribution < -0.4 is 4.74 Å². The summed E-state index contributed by atoms with van der Waals surface area (Å²) in [7, 11) is 0. The molecule has 1 heterocycles. The van der Waals surface area contributed by atoms with Crippen molar-refractivity contribution in [2.75, 3.05) is 26.3 Å². The lowest BCUT2D eigenvalue weighted by Crippen LogP contribution is -2.54. The summed E-state index contributed by atoms with van der Waals surface area (Å²) in [5, 5.41) is 9.87. The SMILES string of the molecule is O=C(O)N1CC(OCc2ccc(F)cc2F)C(c2ccc(OCCCOCc3ccccc3)cc2)C(OCc2ccc(F)cc2F)C1. The first-order valence-electron chi connectivity index (χ1n) is 15.2. The molecule has 2 atom stereocenters. The quantitative estimate of drug-likeness (QED) is 0.112. The van der Waals surface area contributed by atoms with Gasteiger partial charge in [0, 0.05) is 35.6 Å². The Balaban J connectivity index is 1.29. The number of hydrogen-bond donors (Lipinski definition) is 1. The van der Waals surface area contributed by atoms with Crippen LogP contribution in [0.1, 0.15) is 34.6 Å². The molecule has 2 unspecified atom stereocenters. The molecule has 5 rings (SSSR count). The van der Waals surface area contributed by atoms with Crippen LogP contribution >= 0.6 is 0 Å². The smallest absolute Gasteiger partial charge is 0.407 e. The molecular weight excluding hydrogens is 618 g/mol. The summed E-state index contributed by atoms with van der Waals surface area (Å²) >= 11 is 0. The van der Waals surface area contributed by atoms with Crippen LogP contribution in [0.3, 0.4) is 0 Å². The zero-order valence-corrected chi connectivity index (χ0v) is 25.5. The van der Waals surface area contributed by atoms with Crippen molar-refractivity contribution in [3.63, 3.8) is 0 Å². The maximum Gasteiger partial charge on any atom is 0.407 e. The highest BCUT2D eigenvalue weighted by atomic mass is 19.1. The molecule has 11 heteroatoms. The highest BCUT2D eigenvalue weighted by Gasteiger charge is 2.41. The van der Waals surface area contributed by atoms with Gasteiger partial charge in [-0.05, 0) is 35.4 Å². The lowest BCUT2D eigenvalue weighted by Gasteiger charge is -2.42. The minimum atomic E-state index is -1.22. The van der Waals surface area contributed by atoms with Crippen molar-refractivity contribution < 1.29 is 46.4 Å². The molecule has 1 fully saturated rings. The van der Waals surface area contributed by atoms with E-state index < -0.39 is 47.5 Å². The molecule has 0 saturated carbocycles. The predicted octanol–water partition coefficient (Wildman–Crippen LogP) is 7.48. The third-order valence-corrected chi connectivity index (χ3v) is 7.89. The Morgan fingerprint density at radius 2 is 1.30 bits per heavy atom. The van der Waals surface area contributed by atoms with Crippen LogP contribution in [0.25, 0.3) is 0 Å². The highest BCUT2D eigenvalue weighted by Crippen LogP contribution is 2.35. The molecule has 47 heavy (non-hydrogen) atoms. The van der Waals surface area contributed by atoms with Gasteiger partial charge < -0.3 is 29.0 Å². The standard InChI is InChI=1S/C36H35F4NO6/c37-28-11-7-26(31(39)17-28)22-46-33-19-41(36(42)43)20-34(47-23-27-8-12-29(38)18-32(27)40)35(33)25-9-13-30(14-10-25)45-16-4-15-44-21-24-5-2-1-3-6-24/h1-3,5-14,17-18,33-35H,4,15-16,19-23H2,(H,42,43). The molecule has 248 valence electrons. The van der Waals surface area contributed by atoms with Gasteiger partial charge in [-0.3, -0.25) is 0 Å². The van der Waals surface area contributed by atoms with Crippen molar-refractivity contribution in [3.8, 4) is 5.75 Å². The van der Waals surface area contributed by atoms with E-state index in [1.807, 2.05) is 42.5 Å². The molecule has 1 amide bonds. The Morgan fingerprint density at radius 1 is 0.723 bits per heavy atom. The second-order valence-corrected chi connectivity index (χ2v) is 11.2. The Bertz CT molecular complexity index is 1540. The predicted molar refractivity (Wildman–Crippen MR) is 165 cm³/mol. The second kappa shape index (κ2) is 16.4. The second-order valence-electron chi connectivity index (χ2n) is 11.2. The fraction of sp³-hybridized carbons (Fsp3) is 0.306. The number of piperidine rings is 1. The van der Waals surface area contributed by atoms with E-state index in [4.69, 9.17) is 18.9 Å². The summed E-state index contributed by atoms with van der Waals surface area (Å²) in [5.74, 6) is -3.02. The lowest BCUT2D eigenvalue weighted by atomic mass is 9.84. The molecule has 1 saturated heterocycles. The van der Waals surface area contributed by atoms with E-state index in [2.05, 4.69) is 0 Å². The summed E-state index contributed by atoms with van der Waals surface area (Å²) < 4.78 is 79.7. The van der Waals surface area contributed by atoms with E-state index in [0.717, 1.165) is 40.3 Å². The Labute approximate surface area is 270 Å². The van der Waals surface area contributed by atoms with E-state index in [-0.39, 0.29) is 37.4 Å². The van der Waals surface area contributed by atoms with Gasteiger partial charge in [-0.2, -0.15) is 0 Å². The van der Waals surface area contributed by atoms with Crippen LogP contribution in [0.5, 0.6) is 5.75 Å². The molecule has 4 aromatic carbocycles. The molecular formula is C36H35F4NO6. The minimum Gasteiger partial charge on any atom is -0.494 e. The van der Waals surface area contributed by atoms with Gasteiger partial charge in [0.15, 0.2) is 0 Å². The first-order valence-corrected chi connectivity index (χ1v) is 15.2. The molecule has 1 N–H and O–H groups in total. The van der Waals surface area contributed by atoms with Crippen LogP contribution in [-0.2, 0) is 34.0 Å². The van der Waals surface area contributed by atoms with E-state index in [1.165, 1.54) is 12.1 Å². The van der Waals surface area contributed by atoms with Gasteiger partial charge in [0.25, 0.3) is 0 Å². The van der Waals surface area contributed by atoms with E-state index >= 15 is 0 Å². The third-order valence-electron chi connectivity index (χ3n) is 7.89. The third kappa shape index (κ3) is 9.54. The monoisotopic (exact) mass is 653 g/mol. The molecule has 1 aliphatic rings. The van der Waals surface area contributed by atoms with Crippen molar-refractivity contribution >= 4 is 6.09 Å². The number of carbonyl (C=O) groups is 1. The molecule has 0 bridgehead atoms. The molecule has 0 aromatic heterocycles. The fourth-order valence-corrected chi connectivity index (χ4v) is 5.45. The fourth-order valence-electron chi connectivity index (χ4n) is 5.45. The number of ether oxygens (including phenoxy) is 4. The average molecular weight is 654 g/mol. The summed E-state index contributed by atoms with van der Waals surface area (Å²) in [5.41, 5.74) is 2.01. The average Bonchev–Trinajstić information content (AvgIpc) is 3.06. The molecule has 0 spiro atoms. The number of carboxylic acid groups (broad SMARTS) is 1. The van der Waals surface area contributed by atoms with Crippen LogP contribution in [0.15, 0.2) is 91.0 Å².